The molecule has 5 unspecified atom stereocenters. The van der Waals surface area contributed by atoms with Crippen molar-refractivity contribution in [2.75, 3.05) is 0 Å². The van der Waals surface area contributed by atoms with Crippen molar-refractivity contribution in [1.82, 2.24) is 0 Å². The fraction of sp³-hybridized carbons (Fsp3) is 1.00. The zero-order valence-electron chi connectivity index (χ0n) is 10.1. The Morgan fingerprint density at radius 2 is 1.93 bits per heavy atom. The molecular formula is C14H26. The van der Waals surface area contributed by atoms with E-state index in [1.54, 1.807) is 19.3 Å². The third-order valence-corrected chi connectivity index (χ3v) is 4.84. The largest absolute Gasteiger partial charge is 0.0654 e. The molecule has 2 fully saturated rings. The van der Waals surface area contributed by atoms with Crippen LogP contribution in [0, 0.1) is 29.6 Å². The predicted octanol–water partition coefficient (Wildman–Crippen LogP) is 4.49. The lowest BCUT2D eigenvalue weighted by atomic mass is 9.78. The van der Waals surface area contributed by atoms with Gasteiger partial charge in [-0.25, -0.2) is 0 Å². The average molecular weight is 194 g/mol. The van der Waals surface area contributed by atoms with Crippen LogP contribution in [0.3, 0.4) is 0 Å². The lowest BCUT2D eigenvalue weighted by Crippen LogP contribution is -2.18. The third-order valence-electron chi connectivity index (χ3n) is 4.84. The van der Waals surface area contributed by atoms with E-state index in [1.165, 1.54) is 19.3 Å². The summed E-state index contributed by atoms with van der Waals surface area (Å²) in [6, 6.07) is 0. The van der Waals surface area contributed by atoms with E-state index in [0.717, 1.165) is 29.6 Å². The van der Waals surface area contributed by atoms with Crippen molar-refractivity contribution in [2.45, 2.75) is 59.3 Å². The zero-order chi connectivity index (χ0) is 10.1. The van der Waals surface area contributed by atoms with E-state index in [9.17, 15) is 0 Å². The Kier molecular flexibility index (Phi) is 3.19. The zero-order valence-corrected chi connectivity index (χ0v) is 10.1. The minimum Gasteiger partial charge on any atom is -0.0654 e. The summed E-state index contributed by atoms with van der Waals surface area (Å²) in [7, 11) is 0. The monoisotopic (exact) mass is 194 g/mol. The van der Waals surface area contributed by atoms with Crippen LogP contribution in [0.5, 0.6) is 0 Å². The van der Waals surface area contributed by atoms with E-state index in [-0.39, 0.29) is 0 Å². The number of fused-ring (bicyclic) bond motifs is 2. The van der Waals surface area contributed by atoms with Crippen LogP contribution in [0.15, 0.2) is 0 Å². The van der Waals surface area contributed by atoms with E-state index in [1.807, 2.05) is 0 Å². The topological polar surface area (TPSA) is 0 Å². The van der Waals surface area contributed by atoms with Gasteiger partial charge in [0.2, 0.25) is 0 Å². The summed E-state index contributed by atoms with van der Waals surface area (Å²) in [5, 5.41) is 0. The number of hydrogen-bond acceptors (Lipinski definition) is 0. The fourth-order valence-electron chi connectivity index (χ4n) is 4.10. The first-order chi connectivity index (χ1) is 6.70. The van der Waals surface area contributed by atoms with Crippen LogP contribution in [0.4, 0.5) is 0 Å². The SMILES string of the molecule is CCCC(C)CC1CC2CC1CC2C. The highest BCUT2D eigenvalue weighted by atomic mass is 14.5. The van der Waals surface area contributed by atoms with Crippen molar-refractivity contribution in [1.29, 1.82) is 0 Å². The Bertz CT molecular complexity index is 182. The molecule has 0 amide bonds. The second-order valence-corrected chi connectivity index (χ2v) is 6.09. The third kappa shape index (κ3) is 1.99. The van der Waals surface area contributed by atoms with Crippen molar-refractivity contribution in [2.24, 2.45) is 29.6 Å². The van der Waals surface area contributed by atoms with Gasteiger partial charge in [0, 0.05) is 0 Å². The lowest BCUT2D eigenvalue weighted by Gasteiger charge is -2.27. The Morgan fingerprint density at radius 1 is 1.14 bits per heavy atom. The molecule has 0 heterocycles. The molecule has 0 aliphatic heterocycles. The first-order valence-electron chi connectivity index (χ1n) is 6.70. The van der Waals surface area contributed by atoms with Gasteiger partial charge >= 0.3 is 0 Å². The summed E-state index contributed by atoms with van der Waals surface area (Å²) in [5.41, 5.74) is 0. The molecule has 0 aromatic heterocycles. The van der Waals surface area contributed by atoms with Gasteiger partial charge in [0.05, 0.1) is 0 Å². The van der Waals surface area contributed by atoms with Gasteiger partial charge < -0.3 is 0 Å². The molecule has 0 N–H and O–H groups in total. The number of hydrogen-bond donors (Lipinski definition) is 0. The maximum Gasteiger partial charge on any atom is -0.0380 e. The molecule has 0 aromatic carbocycles. The van der Waals surface area contributed by atoms with Crippen molar-refractivity contribution in [3.63, 3.8) is 0 Å². The minimum atomic E-state index is 0.986. The van der Waals surface area contributed by atoms with Crippen molar-refractivity contribution < 1.29 is 0 Å². The molecule has 2 aliphatic rings. The summed E-state index contributed by atoms with van der Waals surface area (Å²) in [5.74, 6) is 5.38. The van der Waals surface area contributed by atoms with Crippen LogP contribution in [0.25, 0.3) is 0 Å². The molecule has 0 spiro atoms. The van der Waals surface area contributed by atoms with E-state index in [2.05, 4.69) is 20.8 Å². The highest BCUT2D eigenvalue weighted by Gasteiger charge is 2.43. The quantitative estimate of drug-likeness (QED) is 0.618. The molecular weight excluding hydrogens is 168 g/mol. The Hall–Kier alpha value is 0. The van der Waals surface area contributed by atoms with Gasteiger partial charge in [-0.3, -0.25) is 0 Å². The van der Waals surface area contributed by atoms with Crippen LogP contribution in [-0.4, -0.2) is 0 Å². The molecule has 14 heavy (non-hydrogen) atoms. The molecule has 2 bridgehead atoms. The van der Waals surface area contributed by atoms with E-state index in [4.69, 9.17) is 0 Å². The smallest absolute Gasteiger partial charge is 0.0380 e. The molecule has 0 aromatic rings. The summed E-state index contributed by atoms with van der Waals surface area (Å²) in [6.07, 6.45) is 9.04. The molecule has 0 saturated heterocycles. The highest BCUT2D eigenvalue weighted by Crippen LogP contribution is 2.53. The summed E-state index contributed by atoms with van der Waals surface area (Å²) in [4.78, 5) is 0. The Morgan fingerprint density at radius 3 is 2.43 bits per heavy atom. The molecule has 5 atom stereocenters. The summed E-state index contributed by atoms with van der Waals surface area (Å²) >= 11 is 0. The first kappa shape index (κ1) is 10.5. The Balaban J connectivity index is 1.79. The second kappa shape index (κ2) is 4.24. The molecule has 2 rings (SSSR count). The maximum atomic E-state index is 2.47. The van der Waals surface area contributed by atoms with Crippen LogP contribution in [0.2, 0.25) is 0 Å². The lowest BCUT2D eigenvalue weighted by molar-refractivity contribution is 0.230. The van der Waals surface area contributed by atoms with Gasteiger partial charge in [-0.05, 0) is 55.3 Å². The standard InChI is InChI=1S/C14H26/c1-4-5-10(2)6-13-8-12-9-14(13)7-11(12)3/h10-14H,4-9H2,1-3H3. The predicted molar refractivity (Wildman–Crippen MR) is 62.2 cm³/mol. The molecule has 0 radical (unpaired) electrons. The summed E-state index contributed by atoms with van der Waals surface area (Å²) in [6.45, 7) is 7.24. The molecule has 0 heteroatoms. The van der Waals surface area contributed by atoms with Gasteiger partial charge in [-0.2, -0.15) is 0 Å². The van der Waals surface area contributed by atoms with Crippen LogP contribution >= 0.6 is 0 Å². The Labute approximate surface area is 89.5 Å². The van der Waals surface area contributed by atoms with Crippen LogP contribution < -0.4 is 0 Å². The van der Waals surface area contributed by atoms with E-state index >= 15 is 0 Å². The first-order valence-corrected chi connectivity index (χ1v) is 6.70. The average Bonchev–Trinajstić information content (AvgIpc) is 2.63. The fourth-order valence-corrected chi connectivity index (χ4v) is 4.10. The van der Waals surface area contributed by atoms with Crippen molar-refractivity contribution in [3.8, 4) is 0 Å². The second-order valence-electron chi connectivity index (χ2n) is 6.09. The van der Waals surface area contributed by atoms with Crippen LogP contribution in [-0.2, 0) is 0 Å². The van der Waals surface area contributed by atoms with Crippen molar-refractivity contribution >= 4 is 0 Å². The minimum absolute atomic E-state index is 0.986. The molecule has 82 valence electrons. The molecule has 2 saturated carbocycles. The number of rotatable bonds is 4. The van der Waals surface area contributed by atoms with Crippen LogP contribution in [0.1, 0.15) is 59.3 Å². The normalized spacial score (nSPS) is 43.1. The molecule has 0 nitrogen and oxygen atoms in total. The highest BCUT2D eigenvalue weighted by molar-refractivity contribution is 4.93. The van der Waals surface area contributed by atoms with E-state index < -0.39 is 0 Å². The van der Waals surface area contributed by atoms with Crippen molar-refractivity contribution in [3.05, 3.63) is 0 Å². The van der Waals surface area contributed by atoms with Gasteiger partial charge in [-0.15, -0.1) is 0 Å². The van der Waals surface area contributed by atoms with Gasteiger partial charge in [0.1, 0.15) is 0 Å². The van der Waals surface area contributed by atoms with Gasteiger partial charge in [0.25, 0.3) is 0 Å². The summed E-state index contributed by atoms with van der Waals surface area (Å²) < 4.78 is 0. The molecule has 2 aliphatic carbocycles. The van der Waals surface area contributed by atoms with Gasteiger partial charge in [-0.1, -0.05) is 33.6 Å². The van der Waals surface area contributed by atoms with Gasteiger partial charge in [0.15, 0.2) is 0 Å². The van der Waals surface area contributed by atoms with E-state index in [0.29, 0.717) is 0 Å². The maximum absolute atomic E-state index is 2.47.